The van der Waals surface area contributed by atoms with E-state index in [-0.39, 0.29) is 0 Å². The number of nitrogens with zero attached hydrogens (tertiary/aromatic N) is 2. The summed E-state index contributed by atoms with van der Waals surface area (Å²) in [5.41, 5.74) is 4.28. The van der Waals surface area contributed by atoms with Crippen LogP contribution in [0.1, 0.15) is 44.6 Å². The Kier molecular flexibility index (Phi) is 6.28. The van der Waals surface area contributed by atoms with Crippen LogP contribution >= 0.6 is 0 Å². The number of sulfone groups is 1. The minimum Gasteiger partial charge on any atom is -0.441 e. The van der Waals surface area contributed by atoms with E-state index in [1.807, 2.05) is 43.3 Å². The molecule has 3 aromatic rings. The largest absolute Gasteiger partial charge is 0.441 e. The maximum atomic E-state index is 11.7. The third-order valence-corrected chi connectivity index (χ3v) is 8.06. The number of likely N-dealkylation sites (tertiary alicyclic amines) is 1. The highest BCUT2D eigenvalue weighted by atomic mass is 32.2. The molecule has 32 heavy (non-hydrogen) atoms. The van der Waals surface area contributed by atoms with Crippen molar-refractivity contribution in [2.75, 3.05) is 19.3 Å². The second-order valence-corrected chi connectivity index (χ2v) is 11.1. The van der Waals surface area contributed by atoms with Crippen LogP contribution in [-0.4, -0.2) is 43.2 Å². The third kappa shape index (κ3) is 4.66. The lowest BCUT2D eigenvalue weighted by molar-refractivity contribution is 0.152. The van der Waals surface area contributed by atoms with E-state index in [1.165, 1.54) is 32.1 Å². The van der Waals surface area contributed by atoms with E-state index in [2.05, 4.69) is 18.7 Å². The molecule has 0 aliphatic carbocycles. The van der Waals surface area contributed by atoms with Crippen LogP contribution in [0.4, 0.5) is 0 Å². The summed E-state index contributed by atoms with van der Waals surface area (Å²) in [6.07, 6.45) is 5.85. The van der Waals surface area contributed by atoms with Crippen molar-refractivity contribution < 1.29 is 12.8 Å². The Balaban J connectivity index is 1.47. The molecule has 4 rings (SSSR count). The zero-order valence-electron chi connectivity index (χ0n) is 19.4. The summed E-state index contributed by atoms with van der Waals surface area (Å²) in [7, 11) is -3.19. The first-order valence-electron chi connectivity index (χ1n) is 11.3. The maximum absolute atomic E-state index is 11.7. The highest BCUT2D eigenvalue weighted by molar-refractivity contribution is 7.90. The maximum Gasteiger partial charge on any atom is 0.226 e. The van der Waals surface area contributed by atoms with Crippen molar-refractivity contribution in [2.24, 2.45) is 0 Å². The molecule has 5 nitrogen and oxygen atoms in total. The third-order valence-electron chi connectivity index (χ3n) is 6.93. The highest BCUT2D eigenvalue weighted by Crippen LogP contribution is 2.32. The van der Waals surface area contributed by atoms with Gasteiger partial charge in [-0.25, -0.2) is 13.4 Å². The molecule has 1 aliphatic rings. The van der Waals surface area contributed by atoms with Crippen molar-refractivity contribution in [1.29, 1.82) is 0 Å². The van der Waals surface area contributed by atoms with E-state index in [4.69, 9.17) is 9.40 Å². The molecule has 0 saturated carbocycles. The molecular formula is C26H32N2O3S. The SMILES string of the molecule is CC[C@@]1(C)CCCN1CCc1nc(-c2ccc(-c3ccc(S(C)(=O)=O)cc3)cc2)oc1C. The van der Waals surface area contributed by atoms with Crippen molar-refractivity contribution in [1.82, 2.24) is 9.88 Å². The zero-order valence-corrected chi connectivity index (χ0v) is 20.2. The average Bonchev–Trinajstić information content (AvgIpc) is 3.34. The van der Waals surface area contributed by atoms with Crippen molar-refractivity contribution in [3.63, 3.8) is 0 Å². The van der Waals surface area contributed by atoms with E-state index in [1.54, 1.807) is 12.1 Å². The Bertz CT molecular complexity index is 1180. The monoisotopic (exact) mass is 452 g/mol. The molecule has 0 N–H and O–H groups in total. The van der Waals surface area contributed by atoms with Gasteiger partial charge in [0.1, 0.15) is 5.76 Å². The van der Waals surface area contributed by atoms with Gasteiger partial charge in [-0.3, -0.25) is 4.90 Å². The van der Waals surface area contributed by atoms with E-state index in [0.717, 1.165) is 41.1 Å². The summed E-state index contributed by atoms with van der Waals surface area (Å²) < 4.78 is 29.3. The Morgan fingerprint density at radius 1 is 1.03 bits per heavy atom. The van der Waals surface area contributed by atoms with Crippen molar-refractivity contribution in [3.05, 3.63) is 60.0 Å². The standard InChI is InChI=1S/C26H32N2O3S/c1-5-26(3)16-6-17-28(26)18-15-24-19(2)31-25(27-24)22-9-7-20(8-10-22)21-11-13-23(14-12-21)32(4,29)30/h7-14H,5-6,15-18H2,1-4H3/t26-/m0/s1. The number of oxazole rings is 1. The molecule has 1 atom stereocenters. The van der Waals surface area contributed by atoms with Crippen molar-refractivity contribution in [2.45, 2.75) is 56.9 Å². The summed E-state index contributed by atoms with van der Waals surface area (Å²) >= 11 is 0. The fraction of sp³-hybridized carbons (Fsp3) is 0.423. The predicted octanol–water partition coefficient (Wildman–Crippen LogP) is 5.53. The summed E-state index contributed by atoms with van der Waals surface area (Å²) in [6, 6.07) is 15.0. The molecule has 0 bridgehead atoms. The molecular weight excluding hydrogens is 420 g/mol. The quantitative estimate of drug-likeness (QED) is 0.472. The van der Waals surface area contributed by atoms with Gasteiger partial charge in [0, 0.05) is 30.3 Å². The molecule has 1 fully saturated rings. The van der Waals surface area contributed by atoms with E-state index >= 15 is 0 Å². The molecule has 1 aromatic heterocycles. The topological polar surface area (TPSA) is 63.4 Å². The first-order chi connectivity index (χ1) is 15.2. The van der Waals surface area contributed by atoms with Crippen molar-refractivity contribution in [3.8, 4) is 22.6 Å². The number of benzene rings is 2. The number of rotatable bonds is 7. The number of hydrogen-bond acceptors (Lipinski definition) is 5. The molecule has 1 saturated heterocycles. The summed E-state index contributed by atoms with van der Waals surface area (Å²) in [6.45, 7) is 8.83. The first-order valence-corrected chi connectivity index (χ1v) is 13.2. The van der Waals surface area contributed by atoms with Gasteiger partial charge in [0.15, 0.2) is 9.84 Å². The van der Waals surface area contributed by atoms with Gasteiger partial charge in [-0.1, -0.05) is 31.2 Å². The highest BCUT2D eigenvalue weighted by Gasteiger charge is 2.34. The fourth-order valence-electron chi connectivity index (χ4n) is 4.59. The second-order valence-electron chi connectivity index (χ2n) is 9.09. The number of aryl methyl sites for hydroxylation is 1. The van der Waals surface area contributed by atoms with Crippen LogP contribution in [0.25, 0.3) is 22.6 Å². The molecule has 1 aliphatic heterocycles. The van der Waals surface area contributed by atoms with Gasteiger partial charge in [0.2, 0.25) is 5.89 Å². The molecule has 2 aromatic carbocycles. The smallest absolute Gasteiger partial charge is 0.226 e. The fourth-order valence-corrected chi connectivity index (χ4v) is 5.22. The minimum absolute atomic E-state index is 0.315. The minimum atomic E-state index is -3.19. The lowest BCUT2D eigenvalue weighted by Crippen LogP contribution is -2.41. The van der Waals surface area contributed by atoms with Gasteiger partial charge in [0.05, 0.1) is 10.6 Å². The number of hydrogen-bond donors (Lipinski definition) is 0. The van der Waals surface area contributed by atoms with Crippen LogP contribution in [0.5, 0.6) is 0 Å². The van der Waals surface area contributed by atoms with Crippen LogP contribution in [0.15, 0.2) is 57.8 Å². The van der Waals surface area contributed by atoms with Gasteiger partial charge in [-0.2, -0.15) is 0 Å². The van der Waals surface area contributed by atoms with Crippen LogP contribution in [-0.2, 0) is 16.3 Å². The Hall–Kier alpha value is -2.44. The van der Waals surface area contributed by atoms with Gasteiger partial charge in [-0.05, 0) is 75.0 Å². The van der Waals surface area contributed by atoms with Crippen LogP contribution in [0, 0.1) is 6.92 Å². The molecule has 0 radical (unpaired) electrons. The summed E-state index contributed by atoms with van der Waals surface area (Å²) in [5.74, 6) is 1.54. The van der Waals surface area contributed by atoms with Crippen LogP contribution < -0.4 is 0 Å². The Morgan fingerprint density at radius 2 is 1.62 bits per heavy atom. The van der Waals surface area contributed by atoms with Gasteiger partial charge >= 0.3 is 0 Å². The molecule has 0 spiro atoms. The van der Waals surface area contributed by atoms with E-state index in [0.29, 0.717) is 16.3 Å². The normalized spacial score (nSPS) is 19.5. The first kappa shape index (κ1) is 22.7. The summed E-state index contributed by atoms with van der Waals surface area (Å²) in [4.78, 5) is 7.73. The van der Waals surface area contributed by atoms with Gasteiger partial charge in [-0.15, -0.1) is 0 Å². The lowest BCUT2D eigenvalue weighted by atomic mass is 9.95. The van der Waals surface area contributed by atoms with Gasteiger partial charge in [0.25, 0.3) is 0 Å². The van der Waals surface area contributed by atoms with Crippen molar-refractivity contribution >= 4 is 9.84 Å². The Labute approximate surface area is 191 Å². The second kappa shape index (κ2) is 8.83. The summed E-state index contributed by atoms with van der Waals surface area (Å²) in [5, 5.41) is 0. The Morgan fingerprint density at radius 3 is 2.22 bits per heavy atom. The van der Waals surface area contributed by atoms with Crippen LogP contribution in [0.3, 0.4) is 0 Å². The molecule has 0 unspecified atom stereocenters. The predicted molar refractivity (Wildman–Crippen MR) is 128 cm³/mol. The average molecular weight is 453 g/mol. The molecule has 170 valence electrons. The number of aromatic nitrogens is 1. The molecule has 0 amide bonds. The van der Waals surface area contributed by atoms with E-state index in [9.17, 15) is 8.42 Å². The van der Waals surface area contributed by atoms with Gasteiger partial charge < -0.3 is 4.42 Å². The molecule has 6 heteroatoms. The lowest BCUT2D eigenvalue weighted by Gasteiger charge is -2.34. The molecule has 2 heterocycles. The van der Waals surface area contributed by atoms with Crippen LogP contribution in [0.2, 0.25) is 0 Å². The van der Waals surface area contributed by atoms with E-state index < -0.39 is 9.84 Å². The zero-order chi connectivity index (χ0) is 22.9.